The molecule has 1 aromatic heterocycles. The highest BCUT2D eigenvalue weighted by molar-refractivity contribution is 5.01. The van der Waals surface area contributed by atoms with Crippen molar-refractivity contribution in [2.75, 3.05) is 6.61 Å². The molecule has 2 rings (SSSR count). The van der Waals surface area contributed by atoms with E-state index in [1.165, 1.54) is 0 Å². The van der Waals surface area contributed by atoms with E-state index in [1.54, 1.807) is 6.20 Å². The number of aliphatic hydroxyl groups excluding tert-OH is 1. The van der Waals surface area contributed by atoms with Gasteiger partial charge in [-0.1, -0.05) is 13.8 Å². The average Bonchev–Trinajstić information content (AvgIpc) is 2.78. The third-order valence-corrected chi connectivity index (χ3v) is 4.79. The van der Waals surface area contributed by atoms with E-state index in [0.717, 1.165) is 31.5 Å². The van der Waals surface area contributed by atoms with Gasteiger partial charge in [-0.15, -0.1) is 0 Å². The van der Waals surface area contributed by atoms with Crippen LogP contribution in [0.3, 0.4) is 0 Å². The Balaban J connectivity index is 2.10. The van der Waals surface area contributed by atoms with E-state index in [1.807, 2.05) is 24.7 Å². The highest BCUT2D eigenvalue weighted by Gasteiger charge is 2.44. The van der Waals surface area contributed by atoms with Crippen molar-refractivity contribution < 1.29 is 9.84 Å². The second kappa shape index (κ2) is 5.86. The molecule has 0 spiro atoms. The molecule has 1 aromatic rings. The second-order valence-corrected chi connectivity index (χ2v) is 6.84. The molecule has 4 heteroatoms. The lowest BCUT2D eigenvalue weighted by Gasteiger charge is -2.45. The molecule has 4 nitrogen and oxygen atoms in total. The zero-order chi connectivity index (χ0) is 14.8. The topological polar surface area (TPSA) is 47.3 Å². The molecule has 0 saturated heterocycles. The first-order valence-corrected chi connectivity index (χ1v) is 7.67. The first-order chi connectivity index (χ1) is 9.38. The van der Waals surface area contributed by atoms with Gasteiger partial charge in [0.2, 0.25) is 0 Å². The second-order valence-electron chi connectivity index (χ2n) is 6.84. The molecule has 1 atom stereocenters. The number of aryl methyl sites for hydroxylation is 1. The van der Waals surface area contributed by atoms with Crippen LogP contribution >= 0.6 is 0 Å². The van der Waals surface area contributed by atoms with Crippen LogP contribution in [0, 0.1) is 5.41 Å². The lowest BCUT2D eigenvalue weighted by atomic mass is 9.68. The summed E-state index contributed by atoms with van der Waals surface area (Å²) in [5.41, 5.74) is -0.0280. The van der Waals surface area contributed by atoms with Crippen LogP contribution in [-0.4, -0.2) is 33.0 Å². The average molecular weight is 280 g/mol. The lowest BCUT2D eigenvalue weighted by Crippen LogP contribution is -2.50. The Morgan fingerprint density at radius 3 is 2.50 bits per heavy atom. The molecule has 0 amide bonds. The molecule has 0 bridgehead atoms. The van der Waals surface area contributed by atoms with Crippen molar-refractivity contribution in [2.24, 2.45) is 12.5 Å². The normalized spacial score (nSPS) is 22.6. The van der Waals surface area contributed by atoms with Crippen LogP contribution in [0.15, 0.2) is 12.4 Å². The van der Waals surface area contributed by atoms with Gasteiger partial charge in [0.25, 0.3) is 0 Å². The summed E-state index contributed by atoms with van der Waals surface area (Å²) in [5.74, 6) is 0.918. The summed E-state index contributed by atoms with van der Waals surface area (Å²) in [5, 5.41) is 10.7. The standard InChI is InChI=1S/C16H28N2O2/c1-5-20-16(8-6-15(2,3)7-9-16)13(19)12-14-17-10-11-18(14)4/h10-11,13,19H,5-9,12H2,1-4H3. The first-order valence-electron chi connectivity index (χ1n) is 7.67. The molecule has 0 radical (unpaired) electrons. The van der Waals surface area contributed by atoms with Gasteiger partial charge in [0.15, 0.2) is 0 Å². The SMILES string of the molecule is CCOC1(C(O)Cc2nccn2C)CCC(C)(C)CC1. The Kier molecular flexibility index (Phi) is 4.55. The number of imidazole rings is 1. The minimum Gasteiger partial charge on any atom is -0.390 e. The van der Waals surface area contributed by atoms with Gasteiger partial charge >= 0.3 is 0 Å². The van der Waals surface area contributed by atoms with Gasteiger partial charge in [0.05, 0.1) is 11.7 Å². The fourth-order valence-corrected chi connectivity index (χ4v) is 3.16. The maximum absolute atomic E-state index is 10.7. The quantitative estimate of drug-likeness (QED) is 0.902. The molecule has 0 aliphatic heterocycles. The van der Waals surface area contributed by atoms with Crippen molar-refractivity contribution in [3.63, 3.8) is 0 Å². The van der Waals surface area contributed by atoms with Crippen LogP contribution < -0.4 is 0 Å². The fourth-order valence-electron chi connectivity index (χ4n) is 3.16. The Labute approximate surface area is 122 Å². The van der Waals surface area contributed by atoms with Crippen molar-refractivity contribution in [1.29, 1.82) is 0 Å². The summed E-state index contributed by atoms with van der Waals surface area (Å²) in [6, 6.07) is 0. The monoisotopic (exact) mass is 280 g/mol. The van der Waals surface area contributed by atoms with Crippen molar-refractivity contribution in [2.45, 2.75) is 64.6 Å². The zero-order valence-corrected chi connectivity index (χ0v) is 13.2. The summed E-state index contributed by atoms with van der Waals surface area (Å²) >= 11 is 0. The summed E-state index contributed by atoms with van der Waals surface area (Å²) in [6.45, 7) is 7.26. The van der Waals surface area contributed by atoms with E-state index in [-0.39, 0.29) is 0 Å². The van der Waals surface area contributed by atoms with Gasteiger partial charge in [-0.05, 0) is 38.0 Å². The predicted octanol–water partition coefficient (Wildman–Crippen LogP) is 2.70. The van der Waals surface area contributed by atoms with E-state index >= 15 is 0 Å². The van der Waals surface area contributed by atoms with E-state index < -0.39 is 11.7 Å². The summed E-state index contributed by atoms with van der Waals surface area (Å²) in [6.07, 6.45) is 7.83. The number of aliphatic hydroxyl groups is 1. The number of hydrogen-bond acceptors (Lipinski definition) is 3. The van der Waals surface area contributed by atoms with Crippen LogP contribution in [0.2, 0.25) is 0 Å². The molecule has 1 fully saturated rings. The van der Waals surface area contributed by atoms with Crippen molar-refractivity contribution in [1.82, 2.24) is 9.55 Å². The Morgan fingerprint density at radius 2 is 2.00 bits per heavy atom. The first kappa shape index (κ1) is 15.5. The van der Waals surface area contributed by atoms with E-state index in [0.29, 0.717) is 18.4 Å². The summed E-state index contributed by atoms with van der Waals surface area (Å²) < 4.78 is 8.00. The number of rotatable bonds is 5. The van der Waals surface area contributed by atoms with Crippen LogP contribution in [0.25, 0.3) is 0 Å². The van der Waals surface area contributed by atoms with Crippen LogP contribution in [0.1, 0.15) is 52.3 Å². The molecule has 1 unspecified atom stereocenters. The Bertz CT molecular complexity index is 429. The largest absolute Gasteiger partial charge is 0.390 e. The van der Waals surface area contributed by atoms with Gasteiger partial charge < -0.3 is 14.4 Å². The number of aromatic nitrogens is 2. The Hall–Kier alpha value is -0.870. The molecular formula is C16H28N2O2. The van der Waals surface area contributed by atoms with Gasteiger partial charge in [-0.25, -0.2) is 4.98 Å². The smallest absolute Gasteiger partial charge is 0.111 e. The van der Waals surface area contributed by atoms with Crippen LogP contribution in [0.4, 0.5) is 0 Å². The minimum atomic E-state index is -0.486. The van der Waals surface area contributed by atoms with Crippen molar-refractivity contribution >= 4 is 0 Å². The lowest BCUT2D eigenvalue weighted by molar-refractivity contribution is -0.151. The summed E-state index contributed by atoms with van der Waals surface area (Å²) in [7, 11) is 1.96. The third-order valence-electron chi connectivity index (χ3n) is 4.79. The predicted molar refractivity (Wildman–Crippen MR) is 79.5 cm³/mol. The third kappa shape index (κ3) is 3.23. The van der Waals surface area contributed by atoms with Crippen molar-refractivity contribution in [3.05, 3.63) is 18.2 Å². The highest BCUT2D eigenvalue weighted by atomic mass is 16.5. The van der Waals surface area contributed by atoms with Gasteiger partial charge in [0.1, 0.15) is 5.82 Å². The fraction of sp³-hybridized carbons (Fsp3) is 0.812. The Morgan fingerprint density at radius 1 is 1.35 bits per heavy atom. The maximum Gasteiger partial charge on any atom is 0.111 e. The minimum absolute atomic E-state index is 0.365. The molecule has 114 valence electrons. The number of nitrogens with zero attached hydrogens (tertiary/aromatic N) is 2. The molecule has 0 aromatic carbocycles. The van der Waals surface area contributed by atoms with E-state index in [4.69, 9.17) is 4.74 Å². The maximum atomic E-state index is 10.7. The van der Waals surface area contributed by atoms with E-state index in [2.05, 4.69) is 18.8 Å². The molecule has 1 heterocycles. The molecule has 1 aliphatic rings. The molecule has 20 heavy (non-hydrogen) atoms. The zero-order valence-electron chi connectivity index (χ0n) is 13.2. The van der Waals surface area contributed by atoms with Crippen molar-refractivity contribution in [3.8, 4) is 0 Å². The van der Waals surface area contributed by atoms with E-state index in [9.17, 15) is 5.11 Å². The van der Waals surface area contributed by atoms with Gasteiger partial charge in [0, 0.05) is 32.5 Å². The molecule has 1 N–H and O–H groups in total. The highest BCUT2D eigenvalue weighted by Crippen LogP contribution is 2.44. The number of ether oxygens (including phenoxy) is 1. The summed E-state index contributed by atoms with van der Waals surface area (Å²) in [4.78, 5) is 4.32. The van der Waals surface area contributed by atoms with Crippen LogP contribution in [-0.2, 0) is 18.2 Å². The van der Waals surface area contributed by atoms with Crippen LogP contribution in [0.5, 0.6) is 0 Å². The molecule has 1 aliphatic carbocycles. The molecule has 1 saturated carbocycles. The van der Waals surface area contributed by atoms with Gasteiger partial charge in [-0.3, -0.25) is 0 Å². The molecular weight excluding hydrogens is 252 g/mol. The number of hydrogen-bond donors (Lipinski definition) is 1. The van der Waals surface area contributed by atoms with Gasteiger partial charge in [-0.2, -0.15) is 0 Å².